The van der Waals surface area contributed by atoms with Crippen LogP contribution in [0.1, 0.15) is 64.9 Å². The van der Waals surface area contributed by atoms with Crippen LogP contribution in [-0.2, 0) is 9.53 Å². The van der Waals surface area contributed by atoms with E-state index < -0.39 is 28.6 Å². The number of primary amides is 1. The quantitative estimate of drug-likeness (QED) is 0.504. The highest BCUT2D eigenvalue weighted by atomic mass is 16.6. The minimum atomic E-state index is -0.604. The van der Waals surface area contributed by atoms with Gasteiger partial charge in [0.05, 0.1) is 16.2 Å². The first-order valence-corrected chi connectivity index (χ1v) is 11.2. The SMILES string of the molecule is CC(C)(C)OC(=O)NC(C(N)=O)C1CCCC1.N#Cc1cc([N+](=O)[O-])ccc1N1CCCC1. The van der Waals surface area contributed by atoms with Crippen LogP contribution in [0.15, 0.2) is 18.2 Å². The third kappa shape index (κ3) is 7.93. The Labute approximate surface area is 194 Å². The van der Waals surface area contributed by atoms with E-state index in [0.29, 0.717) is 5.56 Å². The van der Waals surface area contributed by atoms with Crippen LogP contribution in [0.25, 0.3) is 0 Å². The maximum Gasteiger partial charge on any atom is 0.408 e. The Hall–Kier alpha value is -3.35. The number of rotatable bonds is 5. The fourth-order valence-electron chi connectivity index (χ4n) is 4.11. The number of amides is 2. The predicted molar refractivity (Wildman–Crippen MR) is 124 cm³/mol. The number of nitriles is 1. The lowest BCUT2D eigenvalue weighted by Crippen LogP contribution is -2.49. The molecule has 10 nitrogen and oxygen atoms in total. The molecule has 1 aliphatic heterocycles. The number of nitrogens with zero attached hydrogens (tertiary/aromatic N) is 3. The number of nitrogens with one attached hydrogen (secondary N) is 1. The highest BCUT2D eigenvalue weighted by molar-refractivity contribution is 5.84. The van der Waals surface area contributed by atoms with Crippen molar-refractivity contribution in [3.8, 4) is 6.07 Å². The van der Waals surface area contributed by atoms with Crippen LogP contribution in [0, 0.1) is 27.4 Å². The molecule has 2 aliphatic rings. The Morgan fingerprint density at radius 3 is 2.33 bits per heavy atom. The van der Waals surface area contributed by atoms with E-state index in [0.717, 1.165) is 57.3 Å². The van der Waals surface area contributed by atoms with Crippen molar-refractivity contribution in [3.63, 3.8) is 0 Å². The van der Waals surface area contributed by atoms with Crippen molar-refractivity contribution in [3.05, 3.63) is 33.9 Å². The van der Waals surface area contributed by atoms with Crippen molar-refractivity contribution >= 4 is 23.4 Å². The van der Waals surface area contributed by atoms with Gasteiger partial charge in [0.1, 0.15) is 17.7 Å². The summed E-state index contributed by atoms with van der Waals surface area (Å²) >= 11 is 0. The monoisotopic (exact) mass is 459 g/mol. The highest BCUT2D eigenvalue weighted by Gasteiger charge is 2.31. The second kappa shape index (κ2) is 11.5. The molecular formula is C23H33N5O5. The zero-order valence-electron chi connectivity index (χ0n) is 19.5. The summed E-state index contributed by atoms with van der Waals surface area (Å²) in [5.74, 6) is -0.331. The lowest BCUT2D eigenvalue weighted by Gasteiger charge is -2.25. The van der Waals surface area contributed by atoms with Crippen molar-refractivity contribution in [1.29, 1.82) is 5.26 Å². The molecule has 1 aromatic carbocycles. The number of carbonyl (C=O) groups excluding carboxylic acids is 2. The molecule has 1 heterocycles. The number of carbonyl (C=O) groups is 2. The Morgan fingerprint density at radius 1 is 1.24 bits per heavy atom. The summed E-state index contributed by atoms with van der Waals surface area (Å²) in [5.41, 5.74) is 5.92. The van der Waals surface area contributed by atoms with E-state index in [1.807, 2.05) is 6.07 Å². The van der Waals surface area contributed by atoms with Crippen LogP contribution in [0.5, 0.6) is 0 Å². The number of anilines is 1. The fourth-order valence-corrected chi connectivity index (χ4v) is 4.11. The van der Waals surface area contributed by atoms with Gasteiger partial charge in [-0.15, -0.1) is 0 Å². The van der Waals surface area contributed by atoms with E-state index >= 15 is 0 Å². The number of nitro groups is 1. The zero-order chi connectivity index (χ0) is 24.6. The number of benzene rings is 1. The summed E-state index contributed by atoms with van der Waals surface area (Å²) in [6.45, 7) is 7.18. The van der Waals surface area contributed by atoms with Gasteiger partial charge in [-0.1, -0.05) is 12.8 Å². The molecule has 0 bridgehead atoms. The van der Waals surface area contributed by atoms with Gasteiger partial charge in [-0.05, 0) is 58.4 Å². The van der Waals surface area contributed by atoms with Crippen molar-refractivity contribution < 1.29 is 19.2 Å². The Bertz CT molecular complexity index is 893. The maximum atomic E-state index is 11.6. The van der Waals surface area contributed by atoms with Gasteiger partial charge in [-0.3, -0.25) is 14.9 Å². The standard InChI is InChI=1S/C12H22N2O3.C11H11N3O2/c1-12(2,3)17-11(16)14-9(10(13)15)8-6-4-5-7-8;12-8-9-7-10(14(15)16)3-4-11(9)13-5-1-2-6-13/h8-9H,4-7H2,1-3H3,(H2,13,15)(H,14,16);3-4,7H,1-2,5-6H2. The van der Waals surface area contributed by atoms with E-state index in [1.54, 1.807) is 26.8 Å². The second-order valence-corrected chi connectivity index (χ2v) is 9.34. The molecule has 180 valence electrons. The van der Waals surface area contributed by atoms with Gasteiger partial charge >= 0.3 is 6.09 Å². The summed E-state index contributed by atoms with van der Waals surface area (Å²) in [7, 11) is 0. The van der Waals surface area contributed by atoms with Gasteiger partial charge in [0.25, 0.3) is 5.69 Å². The second-order valence-electron chi connectivity index (χ2n) is 9.34. The molecule has 1 saturated heterocycles. The van der Waals surface area contributed by atoms with E-state index in [1.165, 1.54) is 12.1 Å². The number of alkyl carbamates (subject to hydrolysis) is 1. The Morgan fingerprint density at radius 2 is 1.85 bits per heavy atom. The molecule has 33 heavy (non-hydrogen) atoms. The van der Waals surface area contributed by atoms with Gasteiger partial charge in [0.15, 0.2) is 0 Å². The molecule has 1 atom stereocenters. The number of nitro benzene ring substituents is 1. The van der Waals surface area contributed by atoms with E-state index in [-0.39, 0.29) is 11.6 Å². The molecule has 2 amide bonds. The van der Waals surface area contributed by atoms with Crippen LogP contribution >= 0.6 is 0 Å². The summed E-state index contributed by atoms with van der Waals surface area (Å²) in [6, 6.07) is 5.88. The summed E-state index contributed by atoms with van der Waals surface area (Å²) in [5, 5.41) is 22.1. The highest BCUT2D eigenvalue weighted by Crippen LogP contribution is 2.28. The minimum absolute atomic E-state index is 0.0282. The smallest absolute Gasteiger partial charge is 0.408 e. The topological polar surface area (TPSA) is 152 Å². The maximum absolute atomic E-state index is 11.6. The molecule has 2 fully saturated rings. The Kier molecular flexibility index (Phi) is 9.02. The van der Waals surface area contributed by atoms with Crippen molar-refractivity contribution in [2.24, 2.45) is 11.7 Å². The summed E-state index contributed by atoms with van der Waals surface area (Å²) in [6.07, 6.45) is 5.69. The molecule has 0 radical (unpaired) electrons. The molecule has 3 N–H and O–H groups in total. The fraction of sp³-hybridized carbons (Fsp3) is 0.609. The molecule has 1 aromatic rings. The average Bonchev–Trinajstić information content (AvgIpc) is 3.44. The van der Waals surface area contributed by atoms with Gasteiger partial charge < -0.3 is 20.7 Å². The summed E-state index contributed by atoms with van der Waals surface area (Å²) < 4.78 is 5.12. The van der Waals surface area contributed by atoms with E-state index in [2.05, 4.69) is 10.2 Å². The van der Waals surface area contributed by atoms with Crippen LogP contribution in [-0.4, -0.2) is 41.7 Å². The van der Waals surface area contributed by atoms with Gasteiger partial charge in [-0.2, -0.15) is 5.26 Å². The molecule has 3 rings (SSSR count). The van der Waals surface area contributed by atoms with Crippen LogP contribution < -0.4 is 16.0 Å². The van der Waals surface area contributed by atoms with Gasteiger partial charge in [0, 0.05) is 25.2 Å². The van der Waals surface area contributed by atoms with Crippen molar-refractivity contribution in [2.45, 2.75) is 70.9 Å². The van der Waals surface area contributed by atoms with Crippen LogP contribution in [0.3, 0.4) is 0 Å². The van der Waals surface area contributed by atoms with Gasteiger partial charge in [0.2, 0.25) is 5.91 Å². The van der Waals surface area contributed by atoms with Gasteiger partial charge in [-0.25, -0.2) is 4.79 Å². The predicted octanol–water partition coefficient (Wildman–Crippen LogP) is 3.62. The first-order chi connectivity index (χ1) is 15.5. The largest absolute Gasteiger partial charge is 0.444 e. The molecule has 0 aromatic heterocycles. The number of ether oxygens (including phenoxy) is 1. The van der Waals surface area contributed by atoms with Crippen molar-refractivity contribution in [2.75, 3.05) is 18.0 Å². The van der Waals surface area contributed by atoms with Crippen molar-refractivity contribution in [1.82, 2.24) is 5.32 Å². The van der Waals surface area contributed by atoms with Crippen LogP contribution in [0.2, 0.25) is 0 Å². The number of nitrogens with two attached hydrogens (primary N) is 1. The third-order valence-corrected chi connectivity index (χ3v) is 5.61. The molecule has 1 aliphatic carbocycles. The molecule has 1 unspecified atom stereocenters. The first-order valence-electron chi connectivity index (χ1n) is 11.2. The third-order valence-electron chi connectivity index (χ3n) is 5.61. The molecular weight excluding hydrogens is 426 g/mol. The number of hydrogen-bond acceptors (Lipinski definition) is 7. The minimum Gasteiger partial charge on any atom is -0.444 e. The lowest BCUT2D eigenvalue weighted by molar-refractivity contribution is -0.384. The molecule has 10 heteroatoms. The lowest BCUT2D eigenvalue weighted by atomic mass is 9.98. The van der Waals surface area contributed by atoms with E-state index in [9.17, 15) is 19.7 Å². The number of non-ortho nitro benzene ring substituents is 1. The average molecular weight is 460 g/mol. The molecule has 0 spiro atoms. The number of hydrogen-bond donors (Lipinski definition) is 2. The Balaban J connectivity index is 0.000000234. The van der Waals surface area contributed by atoms with Crippen LogP contribution in [0.4, 0.5) is 16.2 Å². The summed E-state index contributed by atoms with van der Waals surface area (Å²) in [4.78, 5) is 35.1. The normalized spacial score (nSPS) is 16.8. The zero-order valence-corrected chi connectivity index (χ0v) is 19.5. The first kappa shape index (κ1) is 25.9. The van der Waals surface area contributed by atoms with E-state index in [4.69, 9.17) is 15.7 Å². The molecule has 1 saturated carbocycles.